The van der Waals surface area contributed by atoms with E-state index in [2.05, 4.69) is 0 Å². The van der Waals surface area contributed by atoms with Gasteiger partial charge in [0.15, 0.2) is 0 Å². The van der Waals surface area contributed by atoms with Crippen molar-refractivity contribution in [1.29, 1.82) is 0 Å². The Morgan fingerprint density at radius 3 is 1.75 bits per heavy atom. The third-order valence-electron chi connectivity index (χ3n) is 5.54. The third-order valence-corrected chi connectivity index (χ3v) is 6.62. The maximum atomic E-state index is 7.58. The van der Waals surface area contributed by atoms with Crippen molar-refractivity contribution in [1.82, 2.24) is 4.42 Å². The monoisotopic (exact) mass is 457 g/mol. The Hall–Kier alpha value is -3.11. The van der Waals surface area contributed by atoms with E-state index in [-0.39, 0.29) is 0 Å². The largest absolute Gasteiger partial charge is 0.289 e. The molecule has 0 N–H and O–H groups in total. The van der Waals surface area contributed by atoms with Crippen LogP contribution in [0.4, 0.5) is 5.69 Å². The number of halogens is 2. The Bertz CT molecular complexity index is 1200. The molecule has 4 aromatic rings. The summed E-state index contributed by atoms with van der Waals surface area (Å²) in [5, 5.41) is -1.22. The summed E-state index contributed by atoms with van der Waals surface area (Å²) in [5.41, 5.74) is 3.67. The van der Waals surface area contributed by atoms with Gasteiger partial charge in [-0.25, -0.2) is 4.99 Å². The van der Waals surface area contributed by atoms with Gasteiger partial charge in [0.25, 0.3) is 0 Å². The van der Waals surface area contributed by atoms with Crippen LogP contribution in [0.5, 0.6) is 0 Å². The highest BCUT2D eigenvalue weighted by Gasteiger charge is 2.51. The van der Waals surface area contributed by atoms with Gasteiger partial charge >= 0.3 is 0 Å². The summed E-state index contributed by atoms with van der Waals surface area (Å²) in [6, 6.07) is 40.0. The molecule has 2 atom stereocenters. The highest BCUT2D eigenvalue weighted by Crippen LogP contribution is 2.49. The number of hydrogen-bond acceptors (Lipinski definition) is 3. The Kier molecular flexibility index (Phi) is 5.71. The van der Waals surface area contributed by atoms with Crippen LogP contribution in [-0.4, -0.2) is 10.3 Å². The highest BCUT2D eigenvalue weighted by atomic mass is 35.5. The minimum Gasteiger partial charge on any atom is -0.289 e. The predicted octanol–water partition coefficient (Wildman–Crippen LogP) is 7.16. The van der Waals surface area contributed by atoms with E-state index in [0.717, 1.165) is 28.2 Å². The van der Waals surface area contributed by atoms with Crippen LogP contribution >= 0.6 is 23.4 Å². The molecule has 3 nitrogen and oxygen atoms in total. The van der Waals surface area contributed by atoms with E-state index >= 15 is 0 Å². The molecule has 4 aromatic carbocycles. The van der Waals surface area contributed by atoms with Crippen molar-refractivity contribution in [3.63, 3.8) is 0 Å². The molecular weight excluding hydrogens is 437 g/mol. The molecule has 0 amide bonds. The Morgan fingerprint density at radius 2 is 1.16 bits per heavy atom. The van der Waals surface area contributed by atoms with Crippen LogP contribution in [0.15, 0.2) is 126 Å². The molecular formula is C27H21Cl2N3. The quantitative estimate of drug-likeness (QED) is 0.184. The normalized spacial score (nSPS) is 21.2. The van der Waals surface area contributed by atoms with Gasteiger partial charge in [0.05, 0.1) is 0 Å². The van der Waals surface area contributed by atoms with Crippen molar-refractivity contribution in [2.24, 2.45) is 4.99 Å². The number of amidine groups is 1. The summed E-state index contributed by atoms with van der Waals surface area (Å²) < 4.78 is 1.61. The lowest BCUT2D eigenvalue weighted by molar-refractivity contribution is 0.223. The molecule has 0 saturated carbocycles. The second-order valence-corrected chi connectivity index (χ2v) is 8.43. The zero-order valence-corrected chi connectivity index (χ0v) is 18.7. The molecule has 1 aliphatic rings. The van der Waals surface area contributed by atoms with E-state index < -0.39 is 11.3 Å². The van der Waals surface area contributed by atoms with Gasteiger partial charge in [-0.3, -0.25) is 4.90 Å². The maximum absolute atomic E-state index is 7.58. The van der Waals surface area contributed by atoms with Gasteiger partial charge in [0.2, 0.25) is 5.12 Å². The summed E-state index contributed by atoms with van der Waals surface area (Å²) in [6.07, 6.45) is -0.481. The fourth-order valence-electron chi connectivity index (χ4n) is 4.02. The molecule has 2 unspecified atom stereocenters. The van der Waals surface area contributed by atoms with Crippen LogP contribution in [-0.2, 0) is 5.12 Å². The molecule has 5 rings (SSSR count). The highest BCUT2D eigenvalue weighted by molar-refractivity contribution is 6.33. The fourth-order valence-corrected chi connectivity index (χ4v) is 4.74. The number of alkyl halides is 1. The Balaban J connectivity index is 1.81. The number of benzene rings is 4. The molecule has 5 heteroatoms. The topological polar surface area (TPSA) is 18.8 Å². The molecule has 32 heavy (non-hydrogen) atoms. The maximum Gasteiger partial charge on any atom is 0.218 e. The van der Waals surface area contributed by atoms with Gasteiger partial charge in [-0.1, -0.05) is 121 Å². The van der Waals surface area contributed by atoms with E-state index in [0.29, 0.717) is 0 Å². The van der Waals surface area contributed by atoms with E-state index in [9.17, 15) is 0 Å². The van der Waals surface area contributed by atoms with Gasteiger partial charge < -0.3 is 0 Å². The van der Waals surface area contributed by atoms with Crippen molar-refractivity contribution in [3.8, 4) is 0 Å². The Labute approximate surface area is 198 Å². The first kappa shape index (κ1) is 20.8. The minimum atomic E-state index is -1.22. The number of aliphatic imine (C=N–C) groups is 1. The van der Waals surface area contributed by atoms with Gasteiger partial charge in [-0.15, -0.1) is 4.42 Å². The first-order chi connectivity index (χ1) is 15.7. The van der Waals surface area contributed by atoms with E-state index in [1.165, 1.54) is 0 Å². The lowest BCUT2D eigenvalue weighted by Gasteiger charge is -2.50. The minimum absolute atomic E-state index is 0.481. The van der Waals surface area contributed by atoms with Crippen molar-refractivity contribution in [3.05, 3.63) is 138 Å². The van der Waals surface area contributed by atoms with E-state index in [1.807, 2.05) is 126 Å². The number of rotatable bonds is 4. The predicted molar refractivity (Wildman–Crippen MR) is 133 cm³/mol. The lowest BCUT2D eigenvalue weighted by atomic mass is 10.0. The number of para-hydroxylation sites is 1. The van der Waals surface area contributed by atoms with E-state index in [1.54, 1.807) is 4.42 Å². The first-order valence-electron chi connectivity index (χ1n) is 10.4. The molecule has 0 saturated heterocycles. The second kappa shape index (κ2) is 8.79. The van der Waals surface area contributed by atoms with Crippen molar-refractivity contribution < 1.29 is 0 Å². The zero-order valence-electron chi connectivity index (χ0n) is 17.2. The number of hydrogen-bond donors (Lipinski definition) is 0. The van der Waals surface area contributed by atoms with Crippen LogP contribution < -0.4 is 4.90 Å². The third kappa shape index (κ3) is 3.59. The SMILES string of the molecule is ClN1C(c2ccccc2)N=C(c2ccccc2)N(c2ccccc2)C1(Cl)c1ccccc1. The van der Waals surface area contributed by atoms with Crippen LogP contribution in [0, 0.1) is 0 Å². The standard InChI is InChI=1S/C27H21Cl2N3/c28-27(23-17-9-3-10-18-23)31(24-19-11-4-12-20-24)25(21-13-5-1-6-14-21)30-26(32(27)29)22-15-7-2-8-16-22/h1-20,26H. The van der Waals surface area contributed by atoms with Crippen molar-refractivity contribution >= 4 is 34.9 Å². The zero-order chi connectivity index (χ0) is 22.0. The van der Waals surface area contributed by atoms with Crippen molar-refractivity contribution in [2.45, 2.75) is 11.3 Å². The van der Waals surface area contributed by atoms with Gasteiger partial charge in [-0.05, 0) is 29.5 Å². The van der Waals surface area contributed by atoms with E-state index in [4.69, 9.17) is 28.4 Å². The van der Waals surface area contributed by atoms with Crippen LogP contribution in [0.3, 0.4) is 0 Å². The van der Waals surface area contributed by atoms with Crippen LogP contribution in [0.1, 0.15) is 22.9 Å². The molecule has 0 bridgehead atoms. The van der Waals surface area contributed by atoms with Crippen LogP contribution in [0.25, 0.3) is 0 Å². The fraction of sp³-hybridized carbons (Fsp3) is 0.0741. The molecule has 0 fully saturated rings. The van der Waals surface area contributed by atoms with Gasteiger partial charge in [-0.2, -0.15) is 0 Å². The number of anilines is 1. The molecule has 0 radical (unpaired) electrons. The number of nitrogens with zero attached hydrogens (tertiary/aromatic N) is 3. The molecule has 1 aliphatic heterocycles. The summed E-state index contributed by atoms with van der Waals surface area (Å²) >= 11 is 14.7. The average Bonchev–Trinajstić information content (AvgIpc) is 2.87. The van der Waals surface area contributed by atoms with Crippen LogP contribution in [0.2, 0.25) is 0 Å². The first-order valence-corrected chi connectivity index (χ1v) is 11.1. The summed E-state index contributed by atoms with van der Waals surface area (Å²) in [5.74, 6) is 0.751. The summed E-state index contributed by atoms with van der Waals surface area (Å²) in [6.45, 7) is 0. The lowest BCUT2D eigenvalue weighted by Crippen LogP contribution is -2.58. The molecule has 158 valence electrons. The second-order valence-electron chi connectivity index (χ2n) is 7.54. The summed E-state index contributed by atoms with van der Waals surface area (Å²) in [7, 11) is 0. The molecule has 0 spiro atoms. The Morgan fingerprint density at radius 1 is 0.656 bits per heavy atom. The van der Waals surface area contributed by atoms with Crippen molar-refractivity contribution in [2.75, 3.05) is 4.90 Å². The summed E-state index contributed by atoms with van der Waals surface area (Å²) in [4.78, 5) is 7.14. The smallest absolute Gasteiger partial charge is 0.218 e. The average molecular weight is 458 g/mol. The molecule has 0 aromatic heterocycles. The molecule has 0 aliphatic carbocycles. The molecule has 1 heterocycles. The van der Waals surface area contributed by atoms with Gasteiger partial charge in [0.1, 0.15) is 12.0 Å². The van der Waals surface area contributed by atoms with Gasteiger partial charge in [0, 0.05) is 16.8 Å².